The number of amides is 1. The van der Waals surface area contributed by atoms with Crippen molar-refractivity contribution in [1.82, 2.24) is 4.90 Å². The second-order valence-electron chi connectivity index (χ2n) is 5.65. The van der Waals surface area contributed by atoms with Gasteiger partial charge in [0.25, 0.3) is 0 Å². The Kier molecular flexibility index (Phi) is 4.24. The maximum atomic E-state index is 12.2. The Labute approximate surface area is 123 Å². The summed E-state index contributed by atoms with van der Waals surface area (Å²) in [6.45, 7) is 13.8. The fourth-order valence-corrected chi connectivity index (χ4v) is 2.94. The summed E-state index contributed by atoms with van der Waals surface area (Å²) in [7, 11) is 0. The SMILES string of the molecule is [C-]#[N+]c1ccc2c(c1)CN(C(=O)OC(C)(C)C)CCS2. The third-order valence-corrected chi connectivity index (χ3v) is 3.90. The van der Waals surface area contributed by atoms with Gasteiger partial charge in [0, 0.05) is 23.7 Å². The lowest BCUT2D eigenvalue weighted by Crippen LogP contribution is -2.37. The number of fused-ring (bicyclic) bond motifs is 1. The molecular weight excluding hydrogens is 272 g/mol. The van der Waals surface area contributed by atoms with Gasteiger partial charge in [-0.3, -0.25) is 0 Å². The van der Waals surface area contributed by atoms with Crippen molar-refractivity contribution in [3.05, 3.63) is 35.2 Å². The summed E-state index contributed by atoms with van der Waals surface area (Å²) in [5.41, 5.74) is 1.14. The molecule has 1 heterocycles. The molecule has 0 aromatic heterocycles. The lowest BCUT2D eigenvalue weighted by atomic mass is 10.2. The van der Waals surface area contributed by atoms with Crippen LogP contribution in [0.1, 0.15) is 26.3 Å². The number of nitrogens with zero attached hydrogens (tertiary/aromatic N) is 2. The molecule has 4 nitrogen and oxygen atoms in total. The van der Waals surface area contributed by atoms with Crippen LogP contribution in [-0.4, -0.2) is 28.9 Å². The number of hydrogen-bond acceptors (Lipinski definition) is 3. The average Bonchev–Trinajstić information content (AvgIpc) is 2.57. The van der Waals surface area contributed by atoms with Crippen LogP contribution in [0.3, 0.4) is 0 Å². The van der Waals surface area contributed by atoms with Crippen molar-refractivity contribution < 1.29 is 9.53 Å². The number of thioether (sulfide) groups is 1. The molecule has 106 valence electrons. The molecule has 20 heavy (non-hydrogen) atoms. The van der Waals surface area contributed by atoms with Gasteiger partial charge in [0.15, 0.2) is 5.69 Å². The highest BCUT2D eigenvalue weighted by atomic mass is 32.2. The van der Waals surface area contributed by atoms with Gasteiger partial charge in [0.05, 0.1) is 6.57 Å². The first-order chi connectivity index (χ1) is 9.39. The van der Waals surface area contributed by atoms with Gasteiger partial charge >= 0.3 is 6.09 Å². The highest BCUT2D eigenvalue weighted by molar-refractivity contribution is 7.99. The lowest BCUT2D eigenvalue weighted by Gasteiger charge is -2.26. The lowest BCUT2D eigenvalue weighted by molar-refractivity contribution is 0.0247. The Bertz CT molecular complexity index is 558. The van der Waals surface area contributed by atoms with Crippen LogP contribution in [0.15, 0.2) is 23.1 Å². The number of carbonyl (C=O) groups excluding carboxylic acids is 1. The van der Waals surface area contributed by atoms with Crippen LogP contribution >= 0.6 is 11.8 Å². The summed E-state index contributed by atoms with van der Waals surface area (Å²) in [5.74, 6) is 0.837. The van der Waals surface area contributed by atoms with Crippen LogP contribution in [0.5, 0.6) is 0 Å². The molecule has 0 unspecified atom stereocenters. The van der Waals surface area contributed by atoms with E-state index >= 15 is 0 Å². The van der Waals surface area contributed by atoms with Gasteiger partial charge in [-0.15, -0.1) is 11.8 Å². The van der Waals surface area contributed by atoms with Crippen LogP contribution in [0.25, 0.3) is 4.85 Å². The Hall–Kier alpha value is -1.67. The van der Waals surface area contributed by atoms with Crippen LogP contribution < -0.4 is 0 Å². The largest absolute Gasteiger partial charge is 0.444 e. The van der Waals surface area contributed by atoms with Gasteiger partial charge in [0.1, 0.15) is 5.60 Å². The van der Waals surface area contributed by atoms with E-state index in [0.29, 0.717) is 18.8 Å². The monoisotopic (exact) mass is 290 g/mol. The van der Waals surface area contributed by atoms with Crippen LogP contribution in [0.2, 0.25) is 0 Å². The number of ether oxygens (including phenoxy) is 1. The molecule has 1 aromatic carbocycles. The molecule has 0 atom stereocenters. The van der Waals surface area contributed by atoms with E-state index in [1.54, 1.807) is 16.7 Å². The molecule has 2 rings (SSSR count). The predicted octanol–water partition coefficient (Wildman–Crippen LogP) is 4.08. The van der Waals surface area contributed by atoms with E-state index in [9.17, 15) is 4.79 Å². The summed E-state index contributed by atoms with van der Waals surface area (Å²) in [6, 6.07) is 5.64. The Morgan fingerprint density at radius 1 is 1.45 bits per heavy atom. The van der Waals surface area contributed by atoms with Crippen molar-refractivity contribution in [3.63, 3.8) is 0 Å². The van der Waals surface area contributed by atoms with Gasteiger partial charge in [-0.05, 0) is 26.3 Å². The van der Waals surface area contributed by atoms with Crippen LogP contribution in [0.4, 0.5) is 10.5 Å². The fourth-order valence-electron chi connectivity index (χ4n) is 1.93. The molecule has 0 saturated carbocycles. The van der Waals surface area contributed by atoms with E-state index in [-0.39, 0.29) is 6.09 Å². The molecule has 0 fully saturated rings. The van der Waals surface area contributed by atoms with E-state index in [1.165, 1.54) is 0 Å². The van der Waals surface area contributed by atoms with Crippen molar-refractivity contribution in [3.8, 4) is 0 Å². The first-order valence-corrected chi connectivity index (χ1v) is 7.49. The van der Waals surface area contributed by atoms with Crippen molar-refractivity contribution in [2.45, 2.75) is 37.8 Å². The third kappa shape index (κ3) is 3.67. The van der Waals surface area contributed by atoms with Gasteiger partial charge in [-0.2, -0.15) is 0 Å². The number of rotatable bonds is 0. The van der Waals surface area contributed by atoms with Crippen LogP contribution in [0, 0.1) is 6.57 Å². The van der Waals surface area contributed by atoms with E-state index in [2.05, 4.69) is 4.85 Å². The number of benzene rings is 1. The minimum Gasteiger partial charge on any atom is -0.444 e. The third-order valence-electron chi connectivity index (χ3n) is 2.80. The smallest absolute Gasteiger partial charge is 0.410 e. The number of hydrogen-bond donors (Lipinski definition) is 0. The molecule has 0 radical (unpaired) electrons. The molecular formula is C15H18N2O2S. The van der Waals surface area contributed by atoms with Gasteiger partial charge < -0.3 is 9.64 Å². The molecule has 1 amide bonds. The standard InChI is InChI=1S/C15H18N2O2S/c1-15(2,3)19-14(18)17-7-8-20-13-6-5-12(16-4)9-11(13)10-17/h5-6,9H,7-8,10H2,1-3H3. The maximum Gasteiger partial charge on any atom is 0.410 e. The summed E-state index contributed by atoms with van der Waals surface area (Å²) in [6.07, 6.45) is -0.292. The molecule has 1 aliphatic heterocycles. The van der Waals surface area contributed by atoms with E-state index in [4.69, 9.17) is 11.3 Å². The predicted molar refractivity (Wildman–Crippen MR) is 80.1 cm³/mol. The summed E-state index contributed by atoms with van der Waals surface area (Å²) >= 11 is 1.72. The molecule has 0 aliphatic carbocycles. The highest BCUT2D eigenvalue weighted by Crippen LogP contribution is 2.31. The second-order valence-corrected chi connectivity index (χ2v) is 6.79. The van der Waals surface area contributed by atoms with Crippen LogP contribution in [-0.2, 0) is 11.3 Å². The van der Waals surface area contributed by atoms with Gasteiger partial charge in [-0.25, -0.2) is 9.64 Å². The van der Waals surface area contributed by atoms with E-state index in [1.807, 2.05) is 39.0 Å². The van der Waals surface area contributed by atoms with Crippen molar-refractivity contribution in [1.29, 1.82) is 0 Å². The molecule has 1 aliphatic rings. The minimum atomic E-state index is -0.488. The maximum absolute atomic E-state index is 12.2. The van der Waals surface area contributed by atoms with Crippen molar-refractivity contribution in [2.24, 2.45) is 0 Å². The summed E-state index contributed by atoms with van der Waals surface area (Å²) in [4.78, 5) is 18.5. The second kappa shape index (κ2) is 5.76. The summed E-state index contributed by atoms with van der Waals surface area (Å²) < 4.78 is 5.42. The topological polar surface area (TPSA) is 33.9 Å². The minimum absolute atomic E-state index is 0.292. The van der Waals surface area contributed by atoms with Crippen molar-refractivity contribution in [2.75, 3.05) is 12.3 Å². The molecule has 0 bridgehead atoms. The van der Waals surface area contributed by atoms with E-state index < -0.39 is 5.60 Å². The average molecular weight is 290 g/mol. The molecule has 0 saturated heterocycles. The van der Waals surface area contributed by atoms with E-state index in [0.717, 1.165) is 16.2 Å². The first-order valence-electron chi connectivity index (χ1n) is 6.50. The highest BCUT2D eigenvalue weighted by Gasteiger charge is 2.24. The normalized spacial score (nSPS) is 15.0. The molecule has 5 heteroatoms. The zero-order valence-corrected chi connectivity index (χ0v) is 12.8. The zero-order chi connectivity index (χ0) is 14.8. The summed E-state index contributed by atoms with van der Waals surface area (Å²) in [5, 5.41) is 0. The zero-order valence-electron chi connectivity index (χ0n) is 12.0. The first kappa shape index (κ1) is 14.7. The quantitative estimate of drug-likeness (QED) is 0.675. The molecule has 0 N–H and O–H groups in total. The van der Waals surface area contributed by atoms with Gasteiger partial charge in [0.2, 0.25) is 0 Å². The fraction of sp³-hybridized carbons (Fsp3) is 0.467. The Balaban J connectivity index is 2.19. The Morgan fingerprint density at radius 2 is 2.20 bits per heavy atom. The molecule has 0 spiro atoms. The molecule has 1 aromatic rings. The Morgan fingerprint density at radius 3 is 2.85 bits per heavy atom. The number of carbonyl (C=O) groups is 1. The van der Waals surface area contributed by atoms with Crippen molar-refractivity contribution >= 4 is 23.5 Å². The van der Waals surface area contributed by atoms with Gasteiger partial charge in [-0.1, -0.05) is 18.2 Å².